The van der Waals surface area contributed by atoms with Crippen LogP contribution in [-0.4, -0.2) is 57.1 Å². The van der Waals surface area contributed by atoms with Crippen LogP contribution in [0.25, 0.3) is 0 Å². The van der Waals surface area contributed by atoms with Crippen LogP contribution in [0.3, 0.4) is 0 Å². The van der Waals surface area contributed by atoms with Crippen molar-refractivity contribution in [2.45, 2.75) is 31.8 Å². The van der Waals surface area contributed by atoms with Crippen LogP contribution in [0, 0.1) is 11.8 Å². The molecule has 2 atom stereocenters. The summed E-state index contributed by atoms with van der Waals surface area (Å²) in [6, 6.07) is 1.62. The molecular formula is C17H23N7O2. The molecule has 1 N–H and O–H groups in total. The molecule has 0 unspecified atom stereocenters. The molecule has 1 saturated carbocycles. The van der Waals surface area contributed by atoms with Gasteiger partial charge in [-0.25, -0.2) is 9.67 Å². The molecule has 1 saturated heterocycles. The number of methoxy groups -OCH3 is 1. The summed E-state index contributed by atoms with van der Waals surface area (Å²) in [6.07, 6.45) is 7.08. The minimum Gasteiger partial charge on any atom is -0.481 e. The molecule has 0 radical (unpaired) electrons. The summed E-state index contributed by atoms with van der Waals surface area (Å²) in [4.78, 5) is 23.4. The number of carbonyl (C=O) groups excluding carboxylic acids is 1. The van der Waals surface area contributed by atoms with Gasteiger partial charge in [0.15, 0.2) is 0 Å². The quantitative estimate of drug-likeness (QED) is 0.840. The van der Waals surface area contributed by atoms with E-state index in [4.69, 9.17) is 4.74 Å². The first kappa shape index (κ1) is 16.7. The largest absolute Gasteiger partial charge is 0.481 e. The Bertz CT molecular complexity index is 760. The first-order chi connectivity index (χ1) is 12.6. The molecule has 138 valence electrons. The molecular weight excluding hydrogens is 334 g/mol. The second-order valence-electron chi connectivity index (χ2n) is 7.14. The standard InChI is InChI=1S/C17H23N7O2/c1-11-7-12(8-11)16(25)20-13-9-23(10-14(13)24-6-5-19-22-24)17-18-4-3-15(21-17)26-2/h3-6,11-14H,7-10H2,1-2H3,(H,20,25)/t11?,12?,13-,14+/m1/s1. The first-order valence-electron chi connectivity index (χ1n) is 8.92. The van der Waals surface area contributed by atoms with Gasteiger partial charge >= 0.3 is 0 Å². The van der Waals surface area contributed by atoms with E-state index >= 15 is 0 Å². The molecule has 26 heavy (non-hydrogen) atoms. The molecule has 9 nitrogen and oxygen atoms in total. The Morgan fingerprint density at radius 1 is 1.31 bits per heavy atom. The van der Waals surface area contributed by atoms with Gasteiger partial charge in [0.1, 0.15) is 0 Å². The van der Waals surface area contributed by atoms with E-state index in [0.29, 0.717) is 30.8 Å². The van der Waals surface area contributed by atoms with E-state index < -0.39 is 0 Å². The minimum absolute atomic E-state index is 0.0197. The summed E-state index contributed by atoms with van der Waals surface area (Å²) >= 11 is 0. The number of nitrogens with zero attached hydrogens (tertiary/aromatic N) is 6. The van der Waals surface area contributed by atoms with Crippen molar-refractivity contribution in [2.75, 3.05) is 25.1 Å². The number of aromatic nitrogens is 5. The van der Waals surface area contributed by atoms with Crippen molar-refractivity contribution in [3.63, 3.8) is 0 Å². The topological polar surface area (TPSA) is 98.1 Å². The summed E-state index contributed by atoms with van der Waals surface area (Å²) in [6.45, 7) is 3.44. The average molecular weight is 357 g/mol. The predicted molar refractivity (Wildman–Crippen MR) is 93.7 cm³/mol. The van der Waals surface area contributed by atoms with Crippen LogP contribution in [0.2, 0.25) is 0 Å². The number of nitrogens with one attached hydrogen (secondary N) is 1. The zero-order valence-corrected chi connectivity index (χ0v) is 14.9. The predicted octanol–water partition coefficient (Wildman–Crippen LogP) is 0.669. The van der Waals surface area contributed by atoms with Gasteiger partial charge in [-0.1, -0.05) is 12.1 Å². The molecule has 0 bridgehead atoms. The van der Waals surface area contributed by atoms with Crippen LogP contribution in [0.1, 0.15) is 25.8 Å². The van der Waals surface area contributed by atoms with Gasteiger partial charge in [0, 0.05) is 37.5 Å². The van der Waals surface area contributed by atoms with Gasteiger partial charge in [0.2, 0.25) is 17.7 Å². The Balaban J connectivity index is 1.52. The average Bonchev–Trinajstić information content (AvgIpc) is 3.28. The maximum Gasteiger partial charge on any atom is 0.228 e. The van der Waals surface area contributed by atoms with Gasteiger partial charge in [0.25, 0.3) is 0 Å². The third-order valence-corrected chi connectivity index (χ3v) is 5.25. The van der Waals surface area contributed by atoms with Crippen LogP contribution >= 0.6 is 0 Å². The zero-order chi connectivity index (χ0) is 18.1. The third-order valence-electron chi connectivity index (χ3n) is 5.25. The lowest BCUT2D eigenvalue weighted by atomic mass is 9.75. The number of carbonyl (C=O) groups is 1. The molecule has 2 aromatic heterocycles. The van der Waals surface area contributed by atoms with E-state index in [0.717, 1.165) is 12.8 Å². The molecule has 1 amide bonds. The van der Waals surface area contributed by atoms with E-state index in [1.807, 2.05) is 11.1 Å². The van der Waals surface area contributed by atoms with Crippen LogP contribution in [0.5, 0.6) is 5.88 Å². The van der Waals surface area contributed by atoms with Gasteiger partial charge in [-0.3, -0.25) is 4.79 Å². The molecule has 2 aliphatic rings. The molecule has 2 aromatic rings. The zero-order valence-electron chi connectivity index (χ0n) is 14.9. The smallest absolute Gasteiger partial charge is 0.228 e. The van der Waals surface area contributed by atoms with E-state index in [2.05, 4.69) is 32.5 Å². The summed E-state index contributed by atoms with van der Waals surface area (Å²) < 4.78 is 6.99. The normalized spacial score (nSPS) is 27.8. The van der Waals surface area contributed by atoms with Crippen LogP contribution in [0.15, 0.2) is 24.7 Å². The minimum atomic E-state index is -0.0742. The fourth-order valence-corrected chi connectivity index (χ4v) is 3.77. The van der Waals surface area contributed by atoms with Crippen molar-refractivity contribution in [2.24, 2.45) is 11.8 Å². The molecule has 4 rings (SSSR count). The van der Waals surface area contributed by atoms with E-state index in [1.54, 1.807) is 30.3 Å². The van der Waals surface area contributed by atoms with Gasteiger partial charge in [0.05, 0.1) is 25.4 Å². The van der Waals surface area contributed by atoms with Crippen molar-refractivity contribution >= 4 is 11.9 Å². The van der Waals surface area contributed by atoms with Crippen molar-refractivity contribution in [3.05, 3.63) is 24.7 Å². The highest BCUT2D eigenvalue weighted by Gasteiger charge is 2.39. The Labute approximate surface area is 151 Å². The Hall–Kier alpha value is -2.71. The molecule has 1 aliphatic heterocycles. The summed E-state index contributed by atoms with van der Waals surface area (Å²) in [5, 5.41) is 11.3. The van der Waals surface area contributed by atoms with Gasteiger partial charge in [-0.05, 0) is 18.8 Å². The third kappa shape index (κ3) is 3.21. The van der Waals surface area contributed by atoms with E-state index in [-0.39, 0.29) is 23.9 Å². The van der Waals surface area contributed by atoms with E-state index in [9.17, 15) is 4.79 Å². The number of ether oxygens (including phenoxy) is 1. The lowest BCUT2D eigenvalue weighted by Gasteiger charge is -2.33. The molecule has 0 spiro atoms. The molecule has 3 heterocycles. The second kappa shape index (κ2) is 6.89. The van der Waals surface area contributed by atoms with Gasteiger partial charge in [-0.2, -0.15) is 4.98 Å². The number of hydrogen-bond acceptors (Lipinski definition) is 7. The van der Waals surface area contributed by atoms with Crippen LogP contribution < -0.4 is 15.0 Å². The second-order valence-corrected chi connectivity index (χ2v) is 7.14. The Kier molecular flexibility index (Phi) is 4.44. The number of amides is 1. The summed E-state index contributed by atoms with van der Waals surface area (Å²) in [7, 11) is 1.58. The van der Waals surface area contributed by atoms with Gasteiger partial charge in [-0.15, -0.1) is 5.10 Å². The van der Waals surface area contributed by atoms with Crippen LogP contribution in [0.4, 0.5) is 5.95 Å². The molecule has 0 aromatic carbocycles. The van der Waals surface area contributed by atoms with E-state index in [1.165, 1.54) is 0 Å². The lowest BCUT2D eigenvalue weighted by Crippen LogP contribution is -2.46. The highest BCUT2D eigenvalue weighted by atomic mass is 16.5. The highest BCUT2D eigenvalue weighted by Crippen LogP contribution is 2.34. The van der Waals surface area contributed by atoms with Crippen molar-refractivity contribution in [3.8, 4) is 5.88 Å². The lowest BCUT2D eigenvalue weighted by molar-refractivity contribution is -0.129. The maximum absolute atomic E-state index is 12.6. The Morgan fingerprint density at radius 3 is 2.85 bits per heavy atom. The van der Waals surface area contributed by atoms with Crippen molar-refractivity contribution < 1.29 is 9.53 Å². The molecule has 2 fully saturated rings. The summed E-state index contributed by atoms with van der Waals surface area (Å²) in [5.41, 5.74) is 0. The molecule has 1 aliphatic carbocycles. The fraction of sp³-hybridized carbons (Fsp3) is 0.588. The molecule has 9 heteroatoms. The number of rotatable bonds is 5. The SMILES string of the molecule is COc1ccnc(N2C[C@@H](NC(=O)C3CC(C)C3)[C@@H](n3ccnn3)C2)n1. The van der Waals surface area contributed by atoms with Crippen molar-refractivity contribution in [1.29, 1.82) is 0 Å². The highest BCUT2D eigenvalue weighted by molar-refractivity contribution is 5.80. The monoisotopic (exact) mass is 357 g/mol. The fourth-order valence-electron chi connectivity index (χ4n) is 3.77. The first-order valence-corrected chi connectivity index (χ1v) is 8.92. The van der Waals surface area contributed by atoms with Gasteiger partial charge < -0.3 is 15.0 Å². The van der Waals surface area contributed by atoms with Crippen molar-refractivity contribution in [1.82, 2.24) is 30.3 Å². The number of hydrogen-bond donors (Lipinski definition) is 1. The Morgan fingerprint density at radius 2 is 2.15 bits per heavy atom. The summed E-state index contributed by atoms with van der Waals surface area (Å²) in [5.74, 6) is 2.00. The maximum atomic E-state index is 12.6. The van der Waals surface area contributed by atoms with Crippen LogP contribution in [-0.2, 0) is 4.79 Å². The number of anilines is 1.